The number of nitrogens with zero attached hydrogens (tertiary/aromatic N) is 1. The fraction of sp³-hybridized carbons (Fsp3) is 0.892. The van der Waals surface area contributed by atoms with Crippen LogP contribution in [-0.2, 0) is 32.7 Å². The van der Waals surface area contributed by atoms with E-state index in [1.165, 1.54) is 83.5 Å². The molecule has 278 valence electrons. The summed E-state index contributed by atoms with van der Waals surface area (Å²) in [6, 6.07) is 0. The van der Waals surface area contributed by atoms with E-state index in [9.17, 15) is 19.0 Å². The monoisotopic (exact) mass is 689 g/mol. The maximum atomic E-state index is 12.6. The normalized spacial score (nSPS) is 13.7. The minimum Gasteiger partial charge on any atom is -0.462 e. The zero-order valence-corrected chi connectivity index (χ0v) is 31.6. The number of hydrogen-bond acceptors (Lipinski definition) is 8. The smallest absolute Gasteiger partial charge is 0.462 e. The second-order valence-corrected chi connectivity index (χ2v) is 14.6. The largest absolute Gasteiger partial charge is 0.472 e. The summed E-state index contributed by atoms with van der Waals surface area (Å²) in [6.45, 7) is 4.28. The van der Waals surface area contributed by atoms with Crippen LogP contribution in [0.5, 0.6) is 0 Å². The number of carbonyl (C=O) groups excluding carboxylic acids is 2. The molecular weight excluding hydrogens is 617 g/mol. The van der Waals surface area contributed by atoms with Gasteiger partial charge >= 0.3 is 19.8 Å². The summed E-state index contributed by atoms with van der Waals surface area (Å²) in [7, 11) is -0.707. The van der Waals surface area contributed by atoms with Gasteiger partial charge in [0.1, 0.15) is 6.61 Å². The topological polar surface area (TPSA) is 112 Å². The minimum atomic E-state index is -4.35. The van der Waals surface area contributed by atoms with Crippen LogP contribution < -0.4 is 0 Å². The Morgan fingerprint density at radius 2 is 1.09 bits per heavy atom. The number of carbonyl (C=O) groups is 2. The Balaban J connectivity index is 4.38. The molecule has 0 aliphatic carbocycles. The molecule has 0 fully saturated rings. The van der Waals surface area contributed by atoms with Crippen molar-refractivity contribution < 1.29 is 37.6 Å². The van der Waals surface area contributed by atoms with Crippen LogP contribution in [0.4, 0.5) is 0 Å². The molecule has 0 radical (unpaired) electrons. The third-order valence-electron chi connectivity index (χ3n) is 8.07. The van der Waals surface area contributed by atoms with E-state index in [0.29, 0.717) is 19.4 Å². The second kappa shape index (κ2) is 33.3. The quantitative estimate of drug-likeness (QED) is 0.0301. The number of ether oxygens (including phenoxy) is 2. The fourth-order valence-corrected chi connectivity index (χ4v) is 5.83. The highest BCUT2D eigenvalue weighted by molar-refractivity contribution is 7.47. The van der Waals surface area contributed by atoms with Crippen LogP contribution in [0.1, 0.15) is 168 Å². The number of hydrogen-bond donors (Lipinski definition) is 1. The van der Waals surface area contributed by atoms with Gasteiger partial charge < -0.3 is 19.3 Å². The van der Waals surface area contributed by atoms with Gasteiger partial charge in [0.05, 0.1) is 13.2 Å². The first-order valence-electron chi connectivity index (χ1n) is 19.0. The Hall–Kier alpha value is -1.25. The van der Waals surface area contributed by atoms with Gasteiger partial charge in [-0.1, -0.05) is 129 Å². The lowest BCUT2D eigenvalue weighted by atomic mass is 10.1. The van der Waals surface area contributed by atoms with Gasteiger partial charge in [0, 0.05) is 19.4 Å². The van der Waals surface area contributed by atoms with Gasteiger partial charge in [-0.25, -0.2) is 4.57 Å². The summed E-state index contributed by atoms with van der Waals surface area (Å²) in [6.07, 6.45) is 29.7. The highest BCUT2D eigenvalue weighted by atomic mass is 31.2. The van der Waals surface area contributed by atoms with Gasteiger partial charge in [-0.3, -0.25) is 18.6 Å². The molecule has 0 rings (SSSR count). The number of unbranched alkanes of at least 4 members (excludes halogenated alkanes) is 19. The first-order chi connectivity index (χ1) is 22.7. The van der Waals surface area contributed by atoms with Crippen molar-refractivity contribution in [1.82, 2.24) is 4.90 Å². The number of likely N-dealkylation sites (N-methyl/N-ethyl adjacent to an activating group) is 1. The predicted molar refractivity (Wildman–Crippen MR) is 192 cm³/mol. The fourth-order valence-electron chi connectivity index (χ4n) is 5.09. The van der Waals surface area contributed by atoms with E-state index in [-0.39, 0.29) is 25.6 Å². The molecule has 2 atom stereocenters. The molecule has 0 saturated carbocycles. The molecule has 9 nitrogen and oxygen atoms in total. The Morgan fingerprint density at radius 1 is 0.638 bits per heavy atom. The van der Waals surface area contributed by atoms with Crippen LogP contribution in [0.15, 0.2) is 12.2 Å². The van der Waals surface area contributed by atoms with E-state index >= 15 is 0 Å². The number of phosphoric acid groups is 1. The van der Waals surface area contributed by atoms with Crippen molar-refractivity contribution in [3.8, 4) is 0 Å². The highest BCUT2D eigenvalue weighted by Gasteiger charge is 2.26. The van der Waals surface area contributed by atoms with E-state index < -0.39 is 26.5 Å². The number of allylic oxidation sites excluding steroid dienone is 2. The van der Waals surface area contributed by atoms with Gasteiger partial charge in [-0.15, -0.1) is 0 Å². The number of phosphoric ester groups is 1. The molecule has 0 heterocycles. The average molecular weight is 690 g/mol. The number of esters is 2. The summed E-state index contributed by atoms with van der Waals surface area (Å²) < 4.78 is 33.3. The summed E-state index contributed by atoms with van der Waals surface area (Å²) in [5, 5.41) is 0. The van der Waals surface area contributed by atoms with Crippen LogP contribution in [0.25, 0.3) is 0 Å². The summed E-state index contributed by atoms with van der Waals surface area (Å²) in [5.41, 5.74) is 0. The molecule has 47 heavy (non-hydrogen) atoms. The Morgan fingerprint density at radius 3 is 1.60 bits per heavy atom. The first kappa shape index (κ1) is 45.8. The predicted octanol–water partition coefficient (Wildman–Crippen LogP) is 10.1. The highest BCUT2D eigenvalue weighted by Crippen LogP contribution is 2.43. The zero-order chi connectivity index (χ0) is 34.9. The van der Waals surface area contributed by atoms with Crippen LogP contribution in [0.3, 0.4) is 0 Å². The van der Waals surface area contributed by atoms with E-state index in [0.717, 1.165) is 51.4 Å². The third-order valence-corrected chi connectivity index (χ3v) is 9.06. The third kappa shape index (κ3) is 34.4. The maximum Gasteiger partial charge on any atom is 0.472 e. The van der Waals surface area contributed by atoms with E-state index in [1.54, 1.807) is 0 Å². The lowest BCUT2D eigenvalue weighted by Crippen LogP contribution is -2.29. The van der Waals surface area contributed by atoms with Crippen molar-refractivity contribution in [2.75, 3.05) is 40.5 Å². The first-order valence-corrected chi connectivity index (χ1v) is 20.5. The molecule has 0 spiro atoms. The van der Waals surface area contributed by atoms with Crippen molar-refractivity contribution in [3.63, 3.8) is 0 Å². The molecule has 0 aliphatic heterocycles. The van der Waals surface area contributed by atoms with Gasteiger partial charge in [0.25, 0.3) is 0 Å². The summed E-state index contributed by atoms with van der Waals surface area (Å²) in [5.74, 6) is -0.810. The Kier molecular flexibility index (Phi) is 32.4. The molecule has 0 saturated heterocycles. The van der Waals surface area contributed by atoms with Gasteiger partial charge in [0.2, 0.25) is 0 Å². The molecule has 0 amide bonds. The number of rotatable bonds is 35. The van der Waals surface area contributed by atoms with E-state index in [4.69, 9.17) is 18.5 Å². The molecule has 0 aromatic heterocycles. The molecule has 1 N–H and O–H groups in total. The summed E-state index contributed by atoms with van der Waals surface area (Å²) >= 11 is 0. The Labute approximate surface area is 288 Å². The van der Waals surface area contributed by atoms with Crippen molar-refractivity contribution in [2.24, 2.45) is 0 Å². The van der Waals surface area contributed by atoms with Crippen LogP contribution >= 0.6 is 7.82 Å². The maximum absolute atomic E-state index is 12.6. The van der Waals surface area contributed by atoms with Crippen molar-refractivity contribution in [3.05, 3.63) is 12.2 Å². The zero-order valence-electron chi connectivity index (χ0n) is 30.7. The van der Waals surface area contributed by atoms with E-state index in [1.807, 2.05) is 19.0 Å². The van der Waals surface area contributed by atoms with Crippen molar-refractivity contribution in [2.45, 2.75) is 174 Å². The van der Waals surface area contributed by atoms with Crippen molar-refractivity contribution in [1.29, 1.82) is 0 Å². The van der Waals surface area contributed by atoms with E-state index in [2.05, 4.69) is 26.0 Å². The lowest BCUT2D eigenvalue weighted by Gasteiger charge is -2.20. The molecule has 0 bridgehead atoms. The molecule has 2 unspecified atom stereocenters. The molecule has 10 heteroatoms. The minimum absolute atomic E-state index is 0.00844. The summed E-state index contributed by atoms with van der Waals surface area (Å²) in [4.78, 5) is 36.8. The van der Waals surface area contributed by atoms with Crippen molar-refractivity contribution >= 4 is 19.8 Å². The molecule has 0 aromatic rings. The van der Waals surface area contributed by atoms with Crippen LogP contribution in [0.2, 0.25) is 0 Å². The standard InChI is InChI=1S/C37H72NO8P/c1-5-7-9-11-13-15-17-18-20-22-24-26-28-30-37(40)46-35(34-45-47(41,42)44-32-31-38(3)4)33-43-36(39)29-27-25-23-21-19-16-14-12-10-8-6-2/h15,17,35H,5-14,16,18-34H2,1-4H3,(H,41,42)/b17-15-. The second-order valence-electron chi connectivity index (χ2n) is 13.1. The van der Waals surface area contributed by atoms with Crippen LogP contribution in [0, 0.1) is 0 Å². The van der Waals surface area contributed by atoms with Gasteiger partial charge in [-0.2, -0.15) is 0 Å². The molecule has 0 aliphatic rings. The Bertz CT molecular complexity index is 807. The molecule has 0 aromatic carbocycles. The lowest BCUT2D eigenvalue weighted by molar-refractivity contribution is -0.161. The average Bonchev–Trinajstić information content (AvgIpc) is 3.03. The van der Waals surface area contributed by atoms with Gasteiger partial charge in [-0.05, 0) is 52.6 Å². The van der Waals surface area contributed by atoms with Crippen LogP contribution in [-0.4, -0.2) is 68.3 Å². The van der Waals surface area contributed by atoms with Gasteiger partial charge in [0.15, 0.2) is 6.10 Å². The SMILES string of the molecule is CCCCCC/C=C\CCCCCCCC(=O)OC(COC(=O)CCCCCCCCCCCCC)COP(=O)(O)OCCN(C)C. The molecular formula is C37H72NO8P.